The number of benzene rings is 1. The molecule has 2 heterocycles. The van der Waals surface area contributed by atoms with Crippen molar-refractivity contribution in [2.75, 3.05) is 19.6 Å². The Balaban J connectivity index is 2.08. The lowest BCUT2D eigenvalue weighted by Gasteiger charge is -2.32. The number of hydrogen-bond donors (Lipinski definition) is 0. The highest BCUT2D eigenvalue weighted by Crippen LogP contribution is 2.37. The Bertz CT molecular complexity index is 765. The van der Waals surface area contributed by atoms with Crippen LogP contribution in [0.3, 0.4) is 0 Å². The summed E-state index contributed by atoms with van der Waals surface area (Å²) in [7, 11) is 0. The van der Waals surface area contributed by atoms with Gasteiger partial charge in [-0.3, -0.25) is 14.5 Å². The number of carbonyl (C=O) groups is 2. The smallest absolute Gasteiger partial charge is 0.277 e. The van der Waals surface area contributed by atoms with Gasteiger partial charge in [-0.1, -0.05) is 50.0 Å². The molecule has 6 heteroatoms. The van der Waals surface area contributed by atoms with Crippen LogP contribution in [0.4, 0.5) is 0 Å². The fraction of sp³-hybridized carbons (Fsp3) is 0.500. The van der Waals surface area contributed by atoms with Crippen molar-refractivity contribution in [2.24, 2.45) is 11.8 Å². The van der Waals surface area contributed by atoms with Crippen molar-refractivity contribution in [1.82, 2.24) is 9.80 Å². The van der Waals surface area contributed by atoms with Crippen LogP contribution >= 0.6 is 23.2 Å². The van der Waals surface area contributed by atoms with Crippen molar-refractivity contribution in [3.8, 4) is 0 Å². The van der Waals surface area contributed by atoms with Gasteiger partial charge in [-0.2, -0.15) is 0 Å². The molecule has 1 saturated heterocycles. The summed E-state index contributed by atoms with van der Waals surface area (Å²) < 4.78 is 0. The van der Waals surface area contributed by atoms with E-state index in [1.807, 2.05) is 13.8 Å². The Hall–Kier alpha value is -1.52. The van der Waals surface area contributed by atoms with E-state index >= 15 is 0 Å². The lowest BCUT2D eigenvalue weighted by atomic mass is 9.97. The zero-order valence-corrected chi connectivity index (χ0v) is 16.9. The average molecular weight is 395 g/mol. The number of amides is 2. The Morgan fingerprint density at radius 1 is 1.12 bits per heavy atom. The average Bonchev–Trinajstić information content (AvgIpc) is 2.80. The van der Waals surface area contributed by atoms with E-state index in [0.29, 0.717) is 39.3 Å². The molecule has 0 bridgehead atoms. The highest BCUT2D eigenvalue weighted by atomic mass is 35.5. The summed E-state index contributed by atoms with van der Waals surface area (Å²) in [6.45, 7) is 8.17. The van der Waals surface area contributed by atoms with Gasteiger partial charge in [-0.25, -0.2) is 0 Å². The zero-order valence-electron chi connectivity index (χ0n) is 15.4. The third-order valence-corrected chi connectivity index (χ3v) is 5.54. The van der Waals surface area contributed by atoms with E-state index in [0.717, 1.165) is 25.9 Å². The van der Waals surface area contributed by atoms with Crippen LogP contribution in [-0.2, 0) is 9.59 Å². The Morgan fingerprint density at radius 3 is 2.35 bits per heavy atom. The molecule has 2 amide bonds. The molecule has 0 spiro atoms. The number of rotatable bonds is 4. The van der Waals surface area contributed by atoms with E-state index in [-0.39, 0.29) is 17.7 Å². The van der Waals surface area contributed by atoms with Crippen LogP contribution in [0.5, 0.6) is 0 Å². The third kappa shape index (κ3) is 3.63. The van der Waals surface area contributed by atoms with Gasteiger partial charge in [-0.15, -0.1) is 0 Å². The summed E-state index contributed by atoms with van der Waals surface area (Å²) in [6, 6.07) is 5.05. The van der Waals surface area contributed by atoms with Crippen LogP contribution < -0.4 is 0 Å². The monoisotopic (exact) mass is 394 g/mol. The molecular formula is C20H24Cl2N2O2. The first-order chi connectivity index (χ1) is 12.3. The van der Waals surface area contributed by atoms with Crippen LogP contribution in [0.1, 0.15) is 39.2 Å². The van der Waals surface area contributed by atoms with E-state index in [2.05, 4.69) is 11.8 Å². The second-order valence-corrected chi connectivity index (χ2v) is 8.48. The lowest BCUT2D eigenvalue weighted by Crippen LogP contribution is -2.39. The van der Waals surface area contributed by atoms with Crippen LogP contribution in [0.2, 0.25) is 10.0 Å². The fourth-order valence-corrected chi connectivity index (χ4v) is 4.06. The Morgan fingerprint density at radius 2 is 1.77 bits per heavy atom. The molecule has 1 fully saturated rings. The highest BCUT2D eigenvalue weighted by Gasteiger charge is 2.42. The van der Waals surface area contributed by atoms with Crippen molar-refractivity contribution in [2.45, 2.75) is 33.6 Å². The van der Waals surface area contributed by atoms with Gasteiger partial charge in [0, 0.05) is 30.2 Å². The quantitative estimate of drug-likeness (QED) is 0.707. The van der Waals surface area contributed by atoms with Gasteiger partial charge < -0.3 is 4.90 Å². The number of halogens is 2. The molecule has 0 unspecified atom stereocenters. The first-order valence-corrected chi connectivity index (χ1v) is 9.86. The van der Waals surface area contributed by atoms with Gasteiger partial charge in [0.05, 0.1) is 10.6 Å². The van der Waals surface area contributed by atoms with Crippen molar-refractivity contribution >= 4 is 40.6 Å². The molecule has 0 aliphatic carbocycles. The molecule has 4 nitrogen and oxygen atoms in total. The van der Waals surface area contributed by atoms with E-state index in [9.17, 15) is 9.59 Å². The summed E-state index contributed by atoms with van der Waals surface area (Å²) in [4.78, 5) is 29.7. The number of likely N-dealkylation sites (tertiary alicyclic amines) is 1. The highest BCUT2D eigenvalue weighted by molar-refractivity contribution is 6.41. The first kappa shape index (κ1) is 19.2. The van der Waals surface area contributed by atoms with Gasteiger partial charge in [0.25, 0.3) is 11.8 Å². The largest absolute Gasteiger partial charge is 0.366 e. The van der Waals surface area contributed by atoms with Crippen molar-refractivity contribution in [3.05, 3.63) is 39.5 Å². The predicted octanol–water partition coefficient (Wildman–Crippen LogP) is 4.46. The maximum absolute atomic E-state index is 13.1. The Labute approximate surface area is 164 Å². The van der Waals surface area contributed by atoms with Gasteiger partial charge in [-0.05, 0) is 36.8 Å². The Kier molecular flexibility index (Phi) is 5.64. The fourth-order valence-electron chi connectivity index (χ4n) is 3.55. The number of hydrogen-bond acceptors (Lipinski definition) is 3. The summed E-state index contributed by atoms with van der Waals surface area (Å²) >= 11 is 12.4. The van der Waals surface area contributed by atoms with Gasteiger partial charge in [0.15, 0.2) is 0 Å². The van der Waals surface area contributed by atoms with E-state index in [1.54, 1.807) is 18.2 Å². The van der Waals surface area contributed by atoms with Crippen LogP contribution in [-0.4, -0.2) is 41.2 Å². The SMILES string of the molecule is CC(C)CN1C(=O)C(c2ccc(Cl)cc2Cl)=C(N2CCC(C)CC2)C1=O. The predicted molar refractivity (Wildman–Crippen MR) is 105 cm³/mol. The minimum absolute atomic E-state index is 0.200. The molecule has 1 aromatic rings. The topological polar surface area (TPSA) is 40.6 Å². The van der Waals surface area contributed by atoms with E-state index in [1.165, 1.54) is 4.90 Å². The third-order valence-electron chi connectivity index (χ3n) is 4.99. The molecule has 2 aliphatic rings. The summed E-state index contributed by atoms with van der Waals surface area (Å²) in [5.74, 6) is 0.361. The molecule has 140 valence electrons. The van der Waals surface area contributed by atoms with Crippen molar-refractivity contribution < 1.29 is 9.59 Å². The second-order valence-electron chi connectivity index (χ2n) is 7.63. The molecule has 0 aromatic heterocycles. The molecule has 0 radical (unpaired) electrons. The van der Waals surface area contributed by atoms with Gasteiger partial charge in [0.2, 0.25) is 0 Å². The molecular weight excluding hydrogens is 371 g/mol. The number of carbonyl (C=O) groups excluding carboxylic acids is 2. The van der Waals surface area contributed by atoms with E-state index < -0.39 is 0 Å². The summed E-state index contributed by atoms with van der Waals surface area (Å²) in [5, 5.41) is 0.895. The van der Waals surface area contributed by atoms with Crippen LogP contribution in [0, 0.1) is 11.8 Å². The lowest BCUT2D eigenvalue weighted by molar-refractivity contribution is -0.138. The molecule has 1 aromatic carbocycles. The number of piperidine rings is 1. The first-order valence-electron chi connectivity index (χ1n) is 9.10. The normalized spacial score (nSPS) is 19.3. The van der Waals surface area contributed by atoms with Gasteiger partial charge >= 0.3 is 0 Å². The molecule has 2 aliphatic heterocycles. The standard InChI is InChI=1S/C20H24Cl2N2O2/c1-12(2)11-24-19(25)17(15-5-4-14(21)10-16(15)22)18(20(24)26)23-8-6-13(3)7-9-23/h4-5,10,12-13H,6-9,11H2,1-3H3. The molecule has 26 heavy (non-hydrogen) atoms. The van der Waals surface area contributed by atoms with Crippen molar-refractivity contribution in [3.63, 3.8) is 0 Å². The summed E-state index contributed by atoms with van der Waals surface area (Å²) in [5.41, 5.74) is 1.48. The summed E-state index contributed by atoms with van der Waals surface area (Å²) in [6.07, 6.45) is 2.02. The van der Waals surface area contributed by atoms with Crippen LogP contribution in [0.25, 0.3) is 5.57 Å². The zero-order chi connectivity index (χ0) is 19.0. The van der Waals surface area contributed by atoms with Crippen LogP contribution in [0.15, 0.2) is 23.9 Å². The maximum atomic E-state index is 13.1. The maximum Gasteiger partial charge on any atom is 0.277 e. The molecule has 0 atom stereocenters. The molecule has 0 saturated carbocycles. The second kappa shape index (κ2) is 7.61. The minimum atomic E-state index is -0.262. The minimum Gasteiger partial charge on any atom is -0.366 e. The van der Waals surface area contributed by atoms with E-state index in [4.69, 9.17) is 23.2 Å². The van der Waals surface area contributed by atoms with Crippen molar-refractivity contribution in [1.29, 1.82) is 0 Å². The number of nitrogens with zero attached hydrogens (tertiary/aromatic N) is 2. The van der Waals surface area contributed by atoms with Gasteiger partial charge in [0.1, 0.15) is 5.70 Å². The number of imide groups is 1. The molecule has 3 rings (SSSR count). The molecule has 0 N–H and O–H groups in total.